The zero-order valence-corrected chi connectivity index (χ0v) is 10.8. The van der Waals surface area contributed by atoms with E-state index in [4.69, 9.17) is 9.84 Å². The second-order valence-corrected chi connectivity index (χ2v) is 4.29. The minimum Gasteiger partial charge on any atom is -0.476 e. The molecule has 2 rings (SSSR count). The van der Waals surface area contributed by atoms with Crippen LogP contribution >= 0.6 is 0 Å². The normalized spacial score (nSPS) is 10.0. The summed E-state index contributed by atoms with van der Waals surface area (Å²) in [5.41, 5.74) is 0.903. The molecule has 0 radical (unpaired) electrons. The molecule has 0 atom stereocenters. The Morgan fingerprint density at radius 2 is 1.50 bits per heavy atom. The number of benzene rings is 2. The number of para-hydroxylation sites is 1. The number of ether oxygens (including phenoxy) is 1. The number of hydrogen-bond acceptors (Lipinski definition) is 3. The molecule has 1 N–H and O–H groups in total. The fourth-order valence-corrected chi connectivity index (χ4v) is 1.71. The smallest absolute Gasteiger partial charge is 0.372 e. The largest absolute Gasteiger partial charge is 0.476 e. The molecule has 2 aromatic carbocycles. The van der Waals surface area contributed by atoms with E-state index in [2.05, 4.69) is 0 Å². The summed E-state index contributed by atoms with van der Waals surface area (Å²) < 4.78 is 5.64. The van der Waals surface area contributed by atoms with Gasteiger partial charge in [0.2, 0.25) is 5.78 Å². The van der Waals surface area contributed by atoms with Crippen molar-refractivity contribution in [1.29, 1.82) is 0 Å². The summed E-state index contributed by atoms with van der Waals surface area (Å²) >= 11 is 0. The first-order valence-electron chi connectivity index (χ1n) is 6.23. The van der Waals surface area contributed by atoms with E-state index < -0.39 is 11.8 Å². The fourth-order valence-electron chi connectivity index (χ4n) is 1.71. The lowest BCUT2D eigenvalue weighted by atomic mass is 10.1. The minimum atomic E-state index is -1.38. The molecule has 4 heteroatoms. The number of aryl methyl sites for hydroxylation is 1. The van der Waals surface area contributed by atoms with Gasteiger partial charge in [0.15, 0.2) is 0 Å². The second-order valence-electron chi connectivity index (χ2n) is 4.29. The minimum absolute atomic E-state index is 0.00816. The molecule has 0 fully saturated rings. The molecule has 0 bridgehead atoms. The molecule has 0 saturated heterocycles. The summed E-state index contributed by atoms with van der Waals surface area (Å²) in [4.78, 5) is 21.4. The van der Waals surface area contributed by atoms with Crippen LogP contribution in [-0.4, -0.2) is 16.9 Å². The first-order chi connectivity index (χ1) is 9.65. The van der Waals surface area contributed by atoms with Crippen LogP contribution in [0.2, 0.25) is 0 Å². The Labute approximate surface area is 116 Å². The highest BCUT2D eigenvalue weighted by atomic mass is 16.5. The number of ketones is 1. The van der Waals surface area contributed by atoms with Crippen molar-refractivity contribution in [2.45, 2.75) is 12.8 Å². The van der Waals surface area contributed by atoms with Crippen molar-refractivity contribution in [2.75, 3.05) is 0 Å². The van der Waals surface area contributed by atoms with Gasteiger partial charge in [-0.2, -0.15) is 0 Å². The molecular weight excluding hydrogens is 256 g/mol. The summed E-state index contributed by atoms with van der Waals surface area (Å²) in [6.07, 6.45) is 0.422. The van der Waals surface area contributed by atoms with Crippen LogP contribution in [0, 0.1) is 0 Å². The van der Waals surface area contributed by atoms with Gasteiger partial charge in [0.25, 0.3) is 0 Å². The van der Waals surface area contributed by atoms with Crippen molar-refractivity contribution in [2.24, 2.45) is 0 Å². The van der Waals surface area contributed by atoms with E-state index in [1.807, 2.05) is 42.5 Å². The van der Waals surface area contributed by atoms with Crippen LogP contribution in [0.1, 0.15) is 12.0 Å². The summed E-state index contributed by atoms with van der Waals surface area (Å²) in [5.74, 6) is -0.700. The first-order valence-corrected chi connectivity index (χ1v) is 6.23. The van der Waals surface area contributed by atoms with Gasteiger partial charge in [0.05, 0.1) is 0 Å². The Kier molecular flexibility index (Phi) is 4.50. The predicted octanol–water partition coefficient (Wildman–Crippen LogP) is 3.07. The summed E-state index contributed by atoms with van der Waals surface area (Å²) in [6, 6.07) is 16.7. The fraction of sp³-hybridized carbons (Fsp3) is 0.125. The number of hydrogen-bond donors (Lipinski definition) is 1. The number of carboxylic acids is 1. The van der Waals surface area contributed by atoms with E-state index >= 15 is 0 Å². The number of rotatable bonds is 6. The maximum Gasteiger partial charge on any atom is 0.372 e. The van der Waals surface area contributed by atoms with Gasteiger partial charge in [0, 0.05) is 6.42 Å². The van der Waals surface area contributed by atoms with E-state index in [-0.39, 0.29) is 6.42 Å². The average molecular weight is 270 g/mol. The Hall–Kier alpha value is -2.62. The average Bonchev–Trinajstić information content (AvgIpc) is 2.47. The van der Waals surface area contributed by atoms with Gasteiger partial charge in [-0.1, -0.05) is 30.3 Å². The molecule has 0 saturated carbocycles. The first kappa shape index (κ1) is 13.8. The molecule has 0 aliphatic heterocycles. The number of carbonyl (C=O) groups excluding carboxylic acids is 1. The van der Waals surface area contributed by atoms with Crippen LogP contribution in [0.5, 0.6) is 11.5 Å². The van der Waals surface area contributed by atoms with E-state index in [0.717, 1.165) is 11.3 Å². The van der Waals surface area contributed by atoms with Gasteiger partial charge >= 0.3 is 5.97 Å². The molecule has 0 aromatic heterocycles. The molecule has 102 valence electrons. The molecule has 0 heterocycles. The highest BCUT2D eigenvalue weighted by Gasteiger charge is 2.10. The molecule has 0 unspecified atom stereocenters. The van der Waals surface area contributed by atoms with Crippen molar-refractivity contribution >= 4 is 11.8 Å². The molecular formula is C16H14O4. The van der Waals surface area contributed by atoms with Crippen molar-refractivity contribution in [3.05, 3.63) is 60.2 Å². The van der Waals surface area contributed by atoms with E-state index in [1.54, 1.807) is 12.1 Å². The van der Waals surface area contributed by atoms with Gasteiger partial charge in [-0.3, -0.25) is 4.79 Å². The van der Waals surface area contributed by atoms with Crippen LogP contribution in [-0.2, 0) is 16.0 Å². The SMILES string of the molecule is O=C(O)C(=O)CCc1ccc(Oc2ccccc2)cc1. The predicted molar refractivity (Wildman–Crippen MR) is 73.9 cm³/mol. The van der Waals surface area contributed by atoms with Crippen LogP contribution in [0.3, 0.4) is 0 Å². The number of aliphatic carboxylic acids is 1. The molecule has 0 aliphatic rings. The zero-order chi connectivity index (χ0) is 14.4. The van der Waals surface area contributed by atoms with Gasteiger partial charge in [0.1, 0.15) is 11.5 Å². The lowest BCUT2D eigenvalue weighted by molar-refractivity contribution is -0.149. The lowest BCUT2D eigenvalue weighted by Crippen LogP contribution is -2.12. The van der Waals surface area contributed by atoms with Crippen molar-refractivity contribution in [1.82, 2.24) is 0 Å². The molecule has 0 amide bonds. The maximum absolute atomic E-state index is 11.0. The van der Waals surface area contributed by atoms with Crippen LogP contribution in [0.4, 0.5) is 0 Å². The zero-order valence-electron chi connectivity index (χ0n) is 10.8. The van der Waals surface area contributed by atoms with E-state index in [0.29, 0.717) is 12.2 Å². The van der Waals surface area contributed by atoms with E-state index in [9.17, 15) is 9.59 Å². The highest BCUT2D eigenvalue weighted by Crippen LogP contribution is 2.21. The molecule has 20 heavy (non-hydrogen) atoms. The summed E-state index contributed by atoms with van der Waals surface area (Å²) in [5, 5.41) is 8.50. The third-order valence-corrected chi connectivity index (χ3v) is 2.78. The number of carboxylic acid groups (broad SMARTS) is 1. The molecule has 4 nitrogen and oxygen atoms in total. The molecule has 0 spiro atoms. The van der Waals surface area contributed by atoms with Crippen LogP contribution < -0.4 is 4.74 Å². The van der Waals surface area contributed by atoms with Gasteiger partial charge in [-0.15, -0.1) is 0 Å². The van der Waals surface area contributed by atoms with Crippen LogP contribution in [0.15, 0.2) is 54.6 Å². The van der Waals surface area contributed by atoms with Gasteiger partial charge < -0.3 is 9.84 Å². The Bertz CT molecular complexity index is 588. The molecule has 0 aliphatic carbocycles. The third kappa shape index (κ3) is 3.95. The van der Waals surface area contributed by atoms with Crippen molar-refractivity contribution in [3.63, 3.8) is 0 Å². The summed E-state index contributed by atoms with van der Waals surface area (Å²) in [6.45, 7) is 0. The number of carbonyl (C=O) groups is 2. The summed E-state index contributed by atoms with van der Waals surface area (Å²) in [7, 11) is 0. The second kappa shape index (κ2) is 6.52. The van der Waals surface area contributed by atoms with Crippen molar-refractivity contribution < 1.29 is 19.4 Å². The number of Topliss-reactive ketones (excluding diaryl/α,β-unsaturated/α-hetero) is 1. The highest BCUT2D eigenvalue weighted by molar-refractivity contribution is 6.32. The Morgan fingerprint density at radius 1 is 0.900 bits per heavy atom. The maximum atomic E-state index is 11.0. The standard InChI is InChI=1S/C16H14O4/c17-15(16(18)19)11-8-12-6-9-14(10-7-12)20-13-4-2-1-3-5-13/h1-7,9-10H,8,11H2,(H,18,19). The van der Waals surface area contributed by atoms with Crippen LogP contribution in [0.25, 0.3) is 0 Å². The van der Waals surface area contributed by atoms with E-state index in [1.165, 1.54) is 0 Å². The third-order valence-electron chi connectivity index (χ3n) is 2.78. The lowest BCUT2D eigenvalue weighted by Gasteiger charge is -2.06. The van der Waals surface area contributed by atoms with Gasteiger partial charge in [-0.05, 0) is 36.2 Å². The monoisotopic (exact) mass is 270 g/mol. The topological polar surface area (TPSA) is 63.6 Å². The molecule has 2 aromatic rings. The van der Waals surface area contributed by atoms with Gasteiger partial charge in [-0.25, -0.2) is 4.79 Å². The van der Waals surface area contributed by atoms with Crippen molar-refractivity contribution in [3.8, 4) is 11.5 Å². The Balaban J connectivity index is 1.93. The quantitative estimate of drug-likeness (QED) is 0.819. The Morgan fingerprint density at radius 3 is 2.10 bits per heavy atom.